The molecule has 0 bridgehead atoms. The molecule has 1 saturated heterocycles. The zero-order chi connectivity index (χ0) is 14.4. The molecule has 0 radical (unpaired) electrons. The summed E-state index contributed by atoms with van der Waals surface area (Å²) in [5, 5.41) is 12.8. The number of aliphatic hydroxyl groups is 1. The third kappa shape index (κ3) is 3.95. The zero-order valence-corrected chi connectivity index (χ0v) is 13.5. The van der Waals surface area contributed by atoms with E-state index in [4.69, 9.17) is 4.74 Å². The maximum Gasteiger partial charge on any atom is 0.124 e. The topological polar surface area (TPSA) is 44.7 Å². The van der Waals surface area contributed by atoms with Gasteiger partial charge in [-0.05, 0) is 31.5 Å². The quantitative estimate of drug-likeness (QED) is 0.831. The van der Waals surface area contributed by atoms with Gasteiger partial charge in [-0.2, -0.15) is 0 Å². The molecule has 0 aliphatic carbocycles. The molecule has 0 amide bonds. The molecule has 0 spiro atoms. The van der Waals surface area contributed by atoms with Gasteiger partial charge in [-0.3, -0.25) is 4.90 Å². The fourth-order valence-corrected chi connectivity index (χ4v) is 3.10. The highest BCUT2D eigenvalue weighted by Crippen LogP contribution is 2.34. The first-order valence-electron chi connectivity index (χ1n) is 7.24. The second kappa shape index (κ2) is 7.98. The molecule has 20 heavy (non-hydrogen) atoms. The number of nitrogens with zero attached hydrogens (tertiary/aromatic N) is 1. The molecular weight excluding hydrogens is 320 g/mol. The van der Waals surface area contributed by atoms with Crippen molar-refractivity contribution in [2.75, 3.05) is 39.4 Å². The second-order valence-corrected chi connectivity index (χ2v) is 5.84. The van der Waals surface area contributed by atoms with Crippen molar-refractivity contribution in [2.45, 2.75) is 19.4 Å². The molecule has 1 aliphatic heterocycles. The van der Waals surface area contributed by atoms with E-state index in [0.29, 0.717) is 6.61 Å². The maximum atomic E-state index is 9.42. The van der Waals surface area contributed by atoms with Crippen LogP contribution >= 0.6 is 15.9 Å². The number of halogens is 1. The second-order valence-electron chi connectivity index (χ2n) is 4.93. The molecular formula is C15H23BrN2O2. The lowest BCUT2D eigenvalue weighted by Gasteiger charge is -2.35. The first-order valence-corrected chi connectivity index (χ1v) is 8.03. The fourth-order valence-electron chi connectivity index (χ4n) is 2.72. The minimum Gasteiger partial charge on any atom is -0.494 e. The van der Waals surface area contributed by atoms with E-state index in [2.05, 4.69) is 32.2 Å². The molecule has 112 valence electrons. The number of benzene rings is 1. The van der Waals surface area contributed by atoms with Gasteiger partial charge in [0.2, 0.25) is 0 Å². The van der Waals surface area contributed by atoms with E-state index in [1.165, 1.54) is 0 Å². The van der Waals surface area contributed by atoms with Gasteiger partial charge in [-0.25, -0.2) is 0 Å². The standard InChI is InChI=1S/C15H23BrN2O2/c1-2-20-15-4-3-12(16)11-13(15)14(5-10-19)18-8-6-17-7-9-18/h3-4,11,14,17,19H,2,5-10H2,1H3/t14-/m1/s1. The van der Waals surface area contributed by atoms with E-state index in [0.717, 1.165) is 48.4 Å². The van der Waals surface area contributed by atoms with Crippen LogP contribution in [0.2, 0.25) is 0 Å². The molecule has 2 rings (SSSR count). The lowest BCUT2D eigenvalue weighted by atomic mass is 10.0. The van der Waals surface area contributed by atoms with Crippen LogP contribution in [0.5, 0.6) is 5.75 Å². The normalized spacial score (nSPS) is 17.9. The highest BCUT2D eigenvalue weighted by molar-refractivity contribution is 9.10. The molecule has 1 aromatic rings. The number of aliphatic hydroxyl groups excluding tert-OH is 1. The minimum atomic E-state index is 0.187. The Morgan fingerprint density at radius 1 is 1.40 bits per heavy atom. The third-order valence-electron chi connectivity index (χ3n) is 3.63. The Labute approximate surface area is 129 Å². The van der Waals surface area contributed by atoms with Crippen LogP contribution in [0.1, 0.15) is 24.9 Å². The van der Waals surface area contributed by atoms with Crippen LogP contribution < -0.4 is 10.1 Å². The van der Waals surface area contributed by atoms with Crippen molar-refractivity contribution in [3.05, 3.63) is 28.2 Å². The van der Waals surface area contributed by atoms with Gasteiger partial charge in [0.05, 0.1) is 6.61 Å². The number of hydrogen-bond acceptors (Lipinski definition) is 4. The number of ether oxygens (including phenoxy) is 1. The van der Waals surface area contributed by atoms with Crippen molar-refractivity contribution in [3.8, 4) is 5.75 Å². The smallest absolute Gasteiger partial charge is 0.124 e. The lowest BCUT2D eigenvalue weighted by molar-refractivity contribution is 0.138. The van der Waals surface area contributed by atoms with Crippen LogP contribution in [0.3, 0.4) is 0 Å². The first-order chi connectivity index (χ1) is 9.76. The molecule has 1 aliphatic rings. The summed E-state index contributed by atoms with van der Waals surface area (Å²) >= 11 is 3.54. The number of hydrogen-bond donors (Lipinski definition) is 2. The van der Waals surface area contributed by atoms with Gasteiger partial charge in [0, 0.05) is 48.9 Å². The van der Waals surface area contributed by atoms with E-state index in [-0.39, 0.29) is 12.6 Å². The molecule has 1 atom stereocenters. The molecule has 5 heteroatoms. The van der Waals surface area contributed by atoms with Gasteiger partial charge in [0.15, 0.2) is 0 Å². The highest BCUT2D eigenvalue weighted by Gasteiger charge is 2.24. The Kier molecular flexibility index (Phi) is 6.29. The zero-order valence-electron chi connectivity index (χ0n) is 11.9. The van der Waals surface area contributed by atoms with E-state index in [9.17, 15) is 5.11 Å². The summed E-state index contributed by atoms with van der Waals surface area (Å²) in [7, 11) is 0. The third-order valence-corrected chi connectivity index (χ3v) is 4.12. The number of piperazine rings is 1. The van der Waals surface area contributed by atoms with Crippen LogP contribution in [0.4, 0.5) is 0 Å². The average molecular weight is 343 g/mol. The Morgan fingerprint density at radius 3 is 2.80 bits per heavy atom. The van der Waals surface area contributed by atoms with Gasteiger partial charge in [0.25, 0.3) is 0 Å². The SMILES string of the molecule is CCOc1ccc(Br)cc1[C@@H](CCO)N1CCNCC1. The van der Waals surface area contributed by atoms with Crippen LogP contribution in [-0.4, -0.2) is 49.4 Å². The summed E-state index contributed by atoms with van der Waals surface area (Å²) in [6, 6.07) is 6.34. The predicted octanol–water partition coefficient (Wildman–Crippen LogP) is 2.18. The summed E-state index contributed by atoms with van der Waals surface area (Å²) in [4.78, 5) is 2.43. The molecule has 0 saturated carbocycles. The van der Waals surface area contributed by atoms with E-state index >= 15 is 0 Å². The molecule has 1 heterocycles. The van der Waals surface area contributed by atoms with Crippen molar-refractivity contribution in [1.82, 2.24) is 10.2 Å². The minimum absolute atomic E-state index is 0.187. The van der Waals surface area contributed by atoms with Crippen molar-refractivity contribution in [2.24, 2.45) is 0 Å². The van der Waals surface area contributed by atoms with Crippen molar-refractivity contribution in [1.29, 1.82) is 0 Å². The van der Waals surface area contributed by atoms with Crippen LogP contribution in [0, 0.1) is 0 Å². The van der Waals surface area contributed by atoms with E-state index < -0.39 is 0 Å². The van der Waals surface area contributed by atoms with Gasteiger partial charge in [-0.15, -0.1) is 0 Å². The molecule has 2 N–H and O–H groups in total. The van der Waals surface area contributed by atoms with Crippen LogP contribution in [0.15, 0.2) is 22.7 Å². The maximum absolute atomic E-state index is 9.42. The molecule has 4 nitrogen and oxygen atoms in total. The lowest BCUT2D eigenvalue weighted by Crippen LogP contribution is -2.45. The summed E-state index contributed by atoms with van der Waals surface area (Å²) in [5.74, 6) is 0.924. The average Bonchev–Trinajstić information content (AvgIpc) is 2.48. The van der Waals surface area contributed by atoms with Crippen molar-refractivity contribution in [3.63, 3.8) is 0 Å². The van der Waals surface area contributed by atoms with Crippen molar-refractivity contribution >= 4 is 15.9 Å². The largest absolute Gasteiger partial charge is 0.494 e. The summed E-state index contributed by atoms with van der Waals surface area (Å²) in [6.07, 6.45) is 0.733. The first kappa shape index (κ1) is 15.8. The van der Waals surface area contributed by atoms with E-state index in [1.807, 2.05) is 19.1 Å². The predicted molar refractivity (Wildman–Crippen MR) is 84.2 cm³/mol. The molecule has 1 aromatic carbocycles. The summed E-state index contributed by atoms with van der Waals surface area (Å²) in [6.45, 7) is 6.84. The van der Waals surface area contributed by atoms with Crippen LogP contribution in [0.25, 0.3) is 0 Å². The summed E-state index contributed by atoms with van der Waals surface area (Å²) in [5.41, 5.74) is 1.16. The summed E-state index contributed by atoms with van der Waals surface area (Å²) < 4.78 is 6.82. The Morgan fingerprint density at radius 2 is 2.15 bits per heavy atom. The van der Waals surface area contributed by atoms with Gasteiger partial charge < -0.3 is 15.2 Å². The molecule has 0 aromatic heterocycles. The van der Waals surface area contributed by atoms with Gasteiger partial charge in [-0.1, -0.05) is 15.9 Å². The Hall–Kier alpha value is -0.620. The number of nitrogens with one attached hydrogen (secondary N) is 1. The molecule has 0 unspecified atom stereocenters. The monoisotopic (exact) mass is 342 g/mol. The number of rotatable bonds is 6. The van der Waals surface area contributed by atoms with Crippen molar-refractivity contribution < 1.29 is 9.84 Å². The van der Waals surface area contributed by atoms with E-state index in [1.54, 1.807) is 0 Å². The van der Waals surface area contributed by atoms with Crippen LogP contribution in [-0.2, 0) is 0 Å². The molecule has 1 fully saturated rings. The Bertz CT molecular complexity index is 422. The van der Waals surface area contributed by atoms with Gasteiger partial charge >= 0.3 is 0 Å². The fraction of sp³-hybridized carbons (Fsp3) is 0.600. The van der Waals surface area contributed by atoms with Gasteiger partial charge in [0.1, 0.15) is 5.75 Å². The Balaban J connectivity index is 2.28. The highest BCUT2D eigenvalue weighted by atomic mass is 79.9.